The van der Waals surface area contributed by atoms with Gasteiger partial charge < -0.3 is 5.32 Å². The summed E-state index contributed by atoms with van der Waals surface area (Å²) >= 11 is 1.61. The van der Waals surface area contributed by atoms with Gasteiger partial charge in [-0.05, 0) is 26.0 Å². The van der Waals surface area contributed by atoms with Crippen LogP contribution in [0.5, 0.6) is 0 Å². The molecule has 86 valence electrons. The highest BCUT2D eigenvalue weighted by Gasteiger charge is 2.23. The summed E-state index contributed by atoms with van der Waals surface area (Å²) in [5, 5.41) is 15.4. The Morgan fingerprint density at radius 2 is 2.12 bits per heavy atom. The van der Waals surface area contributed by atoms with E-state index in [1.807, 2.05) is 23.6 Å². The standard InChI is InChI=1S/C13H13N3S/c1-13(2,12-15-7-8-17-12)16-11-6-4-3-5-10(11)9-14/h3-8,16H,1-2H3. The van der Waals surface area contributed by atoms with E-state index in [2.05, 4.69) is 30.2 Å². The molecule has 0 radical (unpaired) electrons. The van der Waals surface area contributed by atoms with Crippen LogP contribution >= 0.6 is 11.3 Å². The van der Waals surface area contributed by atoms with Crippen molar-refractivity contribution in [3.63, 3.8) is 0 Å². The number of hydrogen-bond donors (Lipinski definition) is 1. The fraction of sp³-hybridized carbons (Fsp3) is 0.231. The highest BCUT2D eigenvalue weighted by Crippen LogP contribution is 2.28. The molecule has 3 nitrogen and oxygen atoms in total. The van der Waals surface area contributed by atoms with Crippen LogP contribution in [-0.4, -0.2) is 4.98 Å². The molecule has 1 aromatic carbocycles. The second-order valence-corrected chi connectivity index (χ2v) is 5.14. The molecule has 0 aliphatic rings. The topological polar surface area (TPSA) is 48.7 Å². The molecule has 0 aliphatic heterocycles. The number of anilines is 1. The number of benzene rings is 1. The van der Waals surface area contributed by atoms with Crippen LogP contribution in [0.25, 0.3) is 0 Å². The van der Waals surface area contributed by atoms with Crippen LogP contribution in [0.15, 0.2) is 35.8 Å². The summed E-state index contributed by atoms with van der Waals surface area (Å²) in [6.07, 6.45) is 1.79. The smallest absolute Gasteiger partial charge is 0.117 e. The minimum Gasteiger partial charge on any atom is -0.373 e. The Bertz CT molecular complexity index is 538. The van der Waals surface area contributed by atoms with E-state index in [1.54, 1.807) is 23.6 Å². The van der Waals surface area contributed by atoms with Crippen molar-refractivity contribution in [2.45, 2.75) is 19.4 Å². The lowest BCUT2D eigenvalue weighted by atomic mass is 10.0. The molecule has 0 spiro atoms. The van der Waals surface area contributed by atoms with Gasteiger partial charge in [0.1, 0.15) is 11.1 Å². The van der Waals surface area contributed by atoms with E-state index in [0.717, 1.165) is 10.7 Å². The number of nitrogens with one attached hydrogen (secondary N) is 1. The highest BCUT2D eigenvalue weighted by molar-refractivity contribution is 7.09. The second kappa shape index (κ2) is 4.56. The number of thiazole rings is 1. The van der Waals surface area contributed by atoms with E-state index >= 15 is 0 Å². The zero-order valence-corrected chi connectivity index (χ0v) is 10.6. The first-order valence-electron chi connectivity index (χ1n) is 5.31. The molecule has 4 heteroatoms. The van der Waals surface area contributed by atoms with Crippen LogP contribution in [0.2, 0.25) is 0 Å². The molecular weight excluding hydrogens is 230 g/mol. The van der Waals surface area contributed by atoms with Crippen molar-refractivity contribution < 1.29 is 0 Å². The van der Waals surface area contributed by atoms with Crippen LogP contribution in [0.4, 0.5) is 5.69 Å². The first-order chi connectivity index (χ1) is 8.13. The average Bonchev–Trinajstić information content (AvgIpc) is 2.83. The third-order valence-electron chi connectivity index (χ3n) is 2.46. The SMILES string of the molecule is CC(C)(Nc1ccccc1C#N)c1nccs1. The summed E-state index contributed by atoms with van der Waals surface area (Å²) in [5.74, 6) is 0. The summed E-state index contributed by atoms with van der Waals surface area (Å²) in [4.78, 5) is 4.31. The zero-order chi connectivity index (χ0) is 12.3. The van der Waals surface area contributed by atoms with Crippen LogP contribution < -0.4 is 5.32 Å². The molecule has 0 unspecified atom stereocenters. The molecule has 1 aromatic heterocycles. The molecule has 1 N–H and O–H groups in total. The van der Waals surface area contributed by atoms with E-state index in [9.17, 15) is 0 Å². The first-order valence-corrected chi connectivity index (χ1v) is 6.19. The summed E-state index contributed by atoms with van der Waals surface area (Å²) in [5.41, 5.74) is 1.22. The quantitative estimate of drug-likeness (QED) is 0.899. The van der Waals surface area contributed by atoms with Crippen molar-refractivity contribution in [3.8, 4) is 6.07 Å². The van der Waals surface area contributed by atoms with E-state index < -0.39 is 0 Å². The molecule has 1 heterocycles. The molecule has 0 saturated carbocycles. The molecule has 17 heavy (non-hydrogen) atoms. The Labute approximate surface area is 105 Å². The zero-order valence-electron chi connectivity index (χ0n) is 9.77. The van der Waals surface area contributed by atoms with Gasteiger partial charge in [0, 0.05) is 11.6 Å². The largest absolute Gasteiger partial charge is 0.373 e. The van der Waals surface area contributed by atoms with Gasteiger partial charge in [-0.1, -0.05) is 12.1 Å². The van der Waals surface area contributed by atoms with Crippen molar-refractivity contribution >= 4 is 17.0 Å². The van der Waals surface area contributed by atoms with Crippen LogP contribution in [0, 0.1) is 11.3 Å². The summed E-state index contributed by atoms with van der Waals surface area (Å²) in [6, 6.07) is 9.68. The molecule has 0 atom stereocenters. The van der Waals surface area contributed by atoms with E-state index in [0.29, 0.717) is 5.56 Å². The molecule has 0 saturated heterocycles. The Balaban J connectivity index is 2.30. The summed E-state index contributed by atoms with van der Waals surface area (Å²) in [7, 11) is 0. The Hall–Kier alpha value is -1.86. The molecule has 0 fully saturated rings. The van der Waals surface area contributed by atoms with Gasteiger partial charge in [-0.25, -0.2) is 4.98 Å². The average molecular weight is 243 g/mol. The Morgan fingerprint density at radius 3 is 2.76 bits per heavy atom. The van der Waals surface area contributed by atoms with Crippen LogP contribution in [0.1, 0.15) is 24.4 Å². The number of nitriles is 1. The molecule has 2 rings (SSSR count). The number of rotatable bonds is 3. The number of nitrogens with zero attached hydrogens (tertiary/aromatic N) is 2. The second-order valence-electron chi connectivity index (χ2n) is 4.24. The molecule has 0 aliphatic carbocycles. The molecule has 0 bridgehead atoms. The predicted octanol–water partition coefficient (Wildman–Crippen LogP) is 3.36. The maximum absolute atomic E-state index is 9.04. The maximum Gasteiger partial charge on any atom is 0.117 e. The number of aromatic nitrogens is 1. The van der Waals surface area contributed by atoms with Gasteiger partial charge in [0.25, 0.3) is 0 Å². The Morgan fingerprint density at radius 1 is 1.35 bits per heavy atom. The first kappa shape index (κ1) is 11.6. The van der Waals surface area contributed by atoms with Crippen molar-refractivity contribution in [1.82, 2.24) is 4.98 Å². The fourth-order valence-electron chi connectivity index (χ4n) is 1.61. The Kier molecular flexibility index (Phi) is 3.12. The molecular formula is C13H13N3S. The molecule has 2 aromatic rings. The summed E-state index contributed by atoms with van der Waals surface area (Å²) in [6.45, 7) is 4.11. The third-order valence-corrected chi connectivity index (χ3v) is 3.56. The minimum atomic E-state index is -0.277. The lowest BCUT2D eigenvalue weighted by Gasteiger charge is -2.25. The van der Waals surface area contributed by atoms with Crippen LogP contribution in [-0.2, 0) is 5.54 Å². The maximum atomic E-state index is 9.04. The molecule has 0 amide bonds. The van der Waals surface area contributed by atoms with E-state index in [-0.39, 0.29) is 5.54 Å². The van der Waals surface area contributed by atoms with Gasteiger partial charge in [-0.2, -0.15) is 5.26 Å². The van der Waals surface area contributed by atoms with E-state index in [1.165, 1.54) is 0 Å². The summed E-state index contributed by atoms with van der Waals surface area (Å²) < 4.78 is 0. The lowest BCUT2D eigenvalue weighted by molar-refractivity contribution is 0.604. The van der Waals surface area contributed by atoms with E-state index in [4.69, 9.17) is 5.26 Å². The highest BCUT2D eigenvalue weighted by atomic mass is 32.1. The van der Waals surface area contributed by atoms with Crippen molar-refractivity contribution in [3.05, 3.63) is 46.4 Å². The minimum absolute atomic E-state index is 0.277. The van der Waals surface area contributed by atoms with Crippen molar-refractivity contribution in [2.75, 3.05) is 5.32 Å². The third kappa shape index (κ3) is 2.45. The van der Waals surface area contributed by atoms with Gasteiger partial charge in [0.2, 0.25) is 0 Å². The van der Waals surface area contributed by atoms with Gasteiger partial charge in [0.05, 0.1) is 16.8 Å². The van der Waals surface area contributed by atoms with Gasteiger partial charge in [-0.3, -0.25) is 0 Å². The number of hydrogen-bond acceptors (Lipinski definition) is 4. The van der Waals surface area contributed by atoms with Gasteiger partial charge in [-0.15, -0.1) is 11.3 Å². The van der Waals surface area contributed by atoms with Crippen molar-refractivity contribution in [1.29, 1.82) is 5.26 Å². The lowest BCUT2D eigenvalue weighted by Crippen LogP contribution is -2.28. The monoisotopic (exact) mass is 243 g/mol. The van der Waals surface area contributed by atoms with Gasteiger partial charge >= 0.3 is 0 Å². The number of para-hydroxylation sites is 1. The van der Waals surface area contributed by atoms with Gasteiger partial charge in [0.15, 0.2) is 0 Å². The normalized spacial score (nSPS) is 10.9. The predicted molar refractivity (Wildman–Crippen MR) is 69.9 cm³/mol. The van der Waals surface area contributed by atoms with Crippen molar-refractivity contribution in [2.24, 2.45) is 0 Å². The fourth-order valence-corrected chi connectivity index (χ4v) is 2.33. The van der Waals surface area contributed by atoms with Crippen LogP contribution in [0.3, 0.4) is 0 Å².